The van der Waals surface area contributed by atoms with Crippen molar-refractivity contribution in [2.45, 2.75) is 31.6 Å². The summed E-state index contributed by atoms with van der Waals surface area (Å²) in [5.74, 6) is 2.08. The van der Waals surface area contributed by atoms with Gasteiger partial charge >= 0.3 is 0 Å². The monoisotopic (exact) mass is 207 g/mol. The van der Waals surface area contributed by atoms with Crippen molar-refractivity contribution in [3.63, 3.8) is 0 Å². The molecule has 1 heterocycles. The van der Waals surface area contributed by atoms with Gasteiger partial charge in [0.2, 0.25) is 0 Å². The van der Waals surface area contributed by atoms with E-state index in [1.807, 2.05) is 0 Å². The summed E-state index contributed by atoms with van der Waals surface area (Å²) in [6.07, 6.45) is 1.13. The predicted octanol–water partition coefficient (Wildman–Crippen LogP) is 2.44. The van der Waals surface area contributed by atoms with Crippen LogP contribution < -0.4 is 0 Å². The van der Waals surface area contributed by atoms with Gasteiger partial charge in [-0.05, 0) is 19.9 Å². The fourth-order valence-electron chi connectivity index (χ4n) is 1.57. The Morgan fingerprint density at radius 1 is 1.50 bits per heavy atom. The van der Waals surface area contributed by atoms with Crippen LogP contribution in [0.2, 0.25) is 0 Å². The highest BCUT2D eigenvalue weighted by Gasteiger charge is 2.23. The summed E-state index contributed by atoms with van der Waals surface area (Å²) >= 11 is 7.76. The van der Waals surface area contributed by atoms with Crippen LogP contribution in [0.1, 0.15) is 20.3 Å². The minimum atomic E-state index is 0.729. The second kappa shape index (κ2) is 5.36. The van der Waals surface area contributed by atoms with Gasteiger partial charge in [-0.3, -0.25) is 4.90 Å². The van der Waals surface area contributed by atoms with E-state index in [1.165, 1.54) is 18.8 Å². The topological polar surface area (TPSA) is 3.24 Å². The maximum absolute atomic E-state index is 5.67. The molecule has 0 saturated carbocycles. The zero-order valence-corrected chi connectivity index (χ0v) is 9.50. The van der Waals surface area contributed by atoms with Crippen molar-refractivity contribution >= 4 is 23.4 Å². The number of hydrogen-bond acceptors (Lipinski definition) is 2. The van der Waals surface area contributed by atoms with Crippen molar-refractivity contribution in [3.05, 3.63) is 0 Å². The predicted molar refractivity (Wildman–Crippen MR) is 58.3 cm³/mol. The highest BCUT2D eigenvalue weighted by atomic mass is 35.5. The van der Waals surface area contributed by atoms with Gasteiger partial charge in [0, 0.05) is 29.5 Å². The second-order valence-electron chi connectivity index (χ2n) is 3.40. The van der Waals surface area contributed by atoms with Crippen LogP contribution in [-0.2, 0) is 0 Å². The lowest BCUT2D eigenvalue weighted by Crippen LogP contribution is -2.45. The molecule has 1 saturated heterocycles. The van der Waals surface area contributed by atoms with Crippen LogP contribution in [0, 0.1) is 0 Å². The number of rotatable bonds is 3. The quantitative estimate of drug-likeness (QED) is 0.655. The summed E-state index contributed by atoms with van der Waals surface area (Å²) in [5, 5.41) is 0.786. The number of hydrogen-bond donors (Lipinski definition) is 0. The molecule has 72 valence electrons. The van der Waals surface area contributed by atoms with E-state index in [4.69, 9.17) is 11.6 Å². The molecule has 2 unspecified atom stereocenters. The van der Waals surface area contributed by atoms with E-state index < -0.39 is 0 Å². The van der Waals surface area contributed by atoms with Crippen molar-refractivity contribution in [1.29, 1.82) is 0 Å². The van der Waals surface area contributed by atoms with Crippen molar-refractivity contribution in [2.75, 3.05) is 24.7 Å². The van der Waals surface area contributed by atoms with Gasteiger partial charge in [0.15, 0.2) is 0 Å². The largest absolute Gasteiger partial charge is 0.299 e. The fraction of sp³-hybridized carbons (Fsp3) is 1.00. The summed E-state index contributed by atoms with van der Waals surface area (Å²) < 4.78 is 0. The average molecular weight is 208 g/mol. The Labute approximate surface area is 84.8 Å². The molecule has 0 spiro atoms. The molecule has 0 radical (unpaired) electrons. The first kappa shape index (κ1) is 10.7. The Morgan fingerprint density at radius 3 is 2.92 bits per heavy atom. The van der Waals surface area contributed by atoms with Gasteiger partial charge in [-0.15, -0.1) is 11.6 Å². The molecular formula is C9H18ClNS. The standard InChI is InChI=1S/C9H18ClNS/c1-8-9(2)12-7-6-11(8)5-3-4-10/h8-9H,3-7H2,1-2H3. The van der Waals surface area contributed by atoms with E-state index >= 15 is 0 Å². The summed E-state index contributed by atoms with van der Waals surface area (Å²) in [7, 11) is 0. The molecule has 3 heteroatoms. The molecule has 0 amide bonds. The summed E-state index contributed by atoms with van der Waals surface area (Å²) in [6, 6.07) is 0.729. The maximum Gasteiger partial charge on any atom is 0.0235 e. The average Bonchev–Trinajstić information content (AvgIpc) is 2.08. The van der Waals surface area contributed by atoms with E-state index in [2.05, 4.69) is 30.5 Å². The summed E-state index contributed by atoms with van der Waals surface area (Å²) in [5.41, 5.74) is 0. The van der Waals surface area contributed by atoms with Crippen LogP contribution in [-0.4, -0.2) is 40.9 Å². The van der Waals surface area contributed by atoms with Crippen molar-refractivity contribution in [2.24, 2.45) is 0 Å². The van der Waals surface area contributed by atoms with E-state index in [0.717, 1.165) is 23.6 Å². The van der Waals surface area contributed by atoms with Crippen molar-refractivity contribution in [3.8, 4) is 0 Å². The third kappa shape index (κ3) is 2.82. The minimum absolute atomic E-state index is 0.729. The van der Waals surface area contributed by atoms with Gasteiger partial charge in [0.25, 0.3) is 0 Å². The minimum Gasteiger partial charge on any atom is -0.299 e. The molecule has 1 nitrogen and oxygen atoms in total. The van der Waals surface area contributed by atoms with Gasteiger partial charge in [-0.1, -0.05) is 6.92 Å². The van der Waals surface area contributed by atoms with Crippen LogP contribution in [0.3, 0.4) is 0 Å². The first-order valence-electron chi connectivity index (χ1n) is 4.67. The Balaban J connectivity index is 2.30. The van der Waals surface area contributed by atoms with E-state index in [9.17, 15) is 0 Å². The van der Waals surface area contributed by atoms with E-state index in [1.54, 1.807) is 0 Å². The third-order valence-electron chi connectivity index (χ3n) is 2.59. The summed E-state index contributed by atoms with van der Waals surface area (Å²) in [4.78, 5) is 2.56. The molecule has 0 aromatic carbocycles. The van der Waals surface area contributed by atoms with Gasteiger partial charge in [0.05, 0.1) is 0 Å². The van der Waals surface area contributed by atoms with Gasteiger partial charge < -0.3 is 0 Å². The van der Waals surface area contributed by atoms with Crippen molar-refractivity contribution in [1.82, 2.24) is 4.90 Å². The Morgan fingerprint density at radius 2 is 2.25 bits per heavy atom. The normalized spacial score (nSPS) is 32.2. The molecule has 1 aliphatic rings. The van der Waals surface area contributed by atoms with Crippen molar-refractivity contribution < 1.29 is 0 Å². The molecular weight excluding hydrogens is 190 g/mol. The molecule has 1 rings (SSSR count). The number of halogens is 1. The van der Waals surface area contributed by atoms with Crippen LogP contribution in [0.15, 0.2) is 0 Å². The number of nitrogens with zero attached hydrogens (tertiary/aromatic N) is 1. The molecule has 0 aliphatic carbocycles. The van der Waals surface area contributed by atoms with Crippen LogP contribution in [0.25, 0.3) is 0 Å². The smallest absolute Gasteiger partial charge is 0.0235 e. The van der Waals surface area contributed by atoms with Gasteiger partial charge in [-0.2, -0.15) is 11.8 Å². The van der Waals surface area contributed by atoms with E-state index in [0.29, 0.717) is 0 Å². The highest BCUT2D eigenvalue weighted by molar-refractivity contribution is 8.00. The lowest BCUT2D eigenvalue weighted by atomic mass is 10.2. The van der Waals surface area contributed by atoms with Gasteiger partial charge in [0.1, 0.15) is 0 Å². The third-order valence-corrected chi connectivity index (χ3v) is 4.20. The van der Waals surface area contributed by atoms with Crippen LogP contribution >= 0.6 is 23.4 Å². The van der Waals surface area contributed by atoms with Gasteiger partial charge in [-0.25, -0.2) is 0 Å². The molecule has 1 fully saturated rings. The lowest BCUT2D eigenvalue weighted by molar-refractivity contribution is 0.214. The number of alkyl halides is 1. The molecule has 0 bridgehead atoms. The van der Waals surface area contributed by atoms with E-state index in [-0.39, 0.29) is 0 Å². The number of thioether (sulfide) groups is 1. The summed E-state index contributed by atoms with van der Waals surface area (Å²) in [6.45, 7) is 7.07. The lowest BCUT2D eigenvalue weighted by Gasteiger charge is -2.37. The molecule has 2 atom stereocenters. The Kier molecular flexibility index (Phi) is 4.77. The molecule has 1 aliphatic heterocycles. The van der Waals surface area contributed by atoms with Crippen LogP contribution in [0.4, 0.5) is 0 Å². The van der Waals surface area contributed by atoms with Crippen LogP contribution in [0.5, 0.6) is 0 Å². The molecule has 0 N–H and O–H groups in total. The first-order valence-corrected chi connectivity index (χ1v) is 6.25. The Bertz CT molecular complexity index is 132. The molecule has 12 heavy (non-hydrogen) atoms. The Hall–Kier alpha value is 0.600. The fourth-order valence-corrected chi connectivity index (χ4v) is 2.86. The zero-order valence-electron chi connectivity index (χ0n) is 7.92. The molecule has 0 aromatic rings. The molecule has 0 aromatic heterocycles. The highest BCUT2D eigenvalue weighted by Crippen LogP contribution is 2.23. The maximum atomic E-state index is 5.67. The SMILES string of the molecule is CC1SCCN(CCCCl)C1C. The zero-order chi connectivity index (χ0) is 8.97. The first-order chi connectivity index (χ1) is 5.75. The second-order valence-corrected chi connectivity index (χ2v) is 5.26.